The topological polar surface area (TPSA) is 75.5 Å². The molecule has 1 saturated heterocycles. The van der Waals surface area contributed by atoms with E-state index < -0.39 is 0 Å². The van der Waals surface area contributed by atoms with Gasteiger partial charge in [-0.3, -0.25) is 19.3 Å². The summed E-state index contributed by atoms with van der Waals surface area (Å²) in [6.07, 6.45) is 7.20. The Bertz CT molecular complexity index is 720. The largest absolute Gasteiger partial charge is 0.346 e. The standard InChI is InChI=1S/C9H7NO2.C5H9NO.C4H6N2/c1-10-8(11)6-4-2-3-5-7(6)9(10)12;1-6-4-2-3-5(6)7;1-6-3-2-5-4-6/h2-5H,1H3;2-4H2,1H3;2-4H,1H3. The lowest BCUT2D eigenvalue weighted by atomic mass is 10.1. The first-order chi connectivity index (χ1) is 11.9. The molecule has 25 heavy (non-hydrogen) atoms. The third-order valence-corrected chi connectivity index (χ3v) is 3.94. The number of hydrogen-bond acceptors (Lipinski definition) is 4. The van der Waals surface area contributed by atoms with Gasteiger partial charge in [0.2, 0.25) is 5.91 Å². The van der Waals surface area contributed by atoms with Gasteiger partial charge in [-0.05, 0) is 18.6 Å². The first-order valence-corrected chi connectivity index (χ1v) is 7.99. The Morgan fingerprint density at radius 2 is 1.56 bits per heavy atom. The summed E-state index contributed by atoms with van der Waals surface area (Å²) in [5.41, 5.74) is 1.01. The van der Waals surface area contributed by atoms with E-state index in [-0.39, 0.29) is 11.8 Å². The number of carbonyl (C=O) groups is 3. The Balaban J connectivity index is 0.000000148. The van der Waals surface area contributed by atoms with Gasteiger partial charge in [0.25, 0.3) is 11.8 Å². The van der Waals surface area contributed by atoms with Crippen LogP contribution in [0.1, 0.15) is 33.6 Å². The SMILES string of the molecule is CN1C(=O)c2ccccc2C1=O.CN1CCCC1=O.Cn1ccnc1. The van der Waals surface area contributed by atoms with E-state index in [1.54, 1.807) is 41.7 Å². The van der Waals surface area contributed by atoms with E-state index in [4.69, 9.17) is 0 Å². The van der Waals surface area contributed by atoms with Crippen LogP contribution in [-0.2, 0) is 11.8 Å². The van der Waals surface area contributed by atoms with E-state index in [0.717, 1.165) is 24.3 Å². The predicted octanol–water partition coefficient (Wildman–Crippen LogP) is 1.57. The number of fused-ring (bicyclic) bond motifs is 1. The van der Waals surface area contributed by atoms with Crippen molar-refractivity contribution in [2.45, 2.75) is 12.8 Å². The van der Waals surface area contributed by atoms with Crippen LogP contribution in [0.15, 0.2) is 43.0 Å². The van der Waals surface area contributed by atoms with Crippen molar-refractivity contribution in [1.82, 2.24) is 19.4 Å². The molecular weight excluding hydrogens is 320 g/mol. The molecular formula is C18H22N4O3. The van der Waals surface area contributed by atoms with Gasteiger partial charge in [0.05, 0.1) is 17.5 Å². The molecule has 4 rings (SSSR count). The monoisotopic (exact) mass is 342 g/mol. The second kappa shape index (κ2) is 8.23. The van der Waals surface area contributed by atoms with E-state index in [9.17, 15) is 14.4 Å². The summed E-state index contributed by atoms with van der Waals surface area (Å²) in [7, 11) is 5.27. The summed E-state index contributed by atoms with van der Waals surface area (Å²) in [5.74, 6) is -0.133. The molecule has 2 aromatic rings. The summed E-state index contributed by atoms with van der Waals surface area (Å²) in [6, 6.07) is 6.84. The van der Waals surface area contributed by atoms with E-state index in [0.29, 0.717) is 17.0 Å². The molecule has 0 unspecified atom stereocenters. The van der Waals surface area contributed by atoms with Gasteiger partial charge in [0, 0.05) is 46.5 Å². The number of nitrogens with zero attached hydrogens (tertiary/aromatic N) is 4. The van der Waals surface area contributed by atoms with Crippen molar-refractivity contribution in [3.05, 3.63) is 54.1 Å². The minimum absolute atomic E-state index is 0.212. The zero-order valence-electron chi connectivity index (χ0n) is 14.7. The van der Waals surface area contributed by atoms with E-state index in [1.807, 2.05) is 24.9 Å². The Kier molecular flexibility index (Phi) is 6.05. The molecule has 1 aromatic carbocycles. The number of aromatic nitrogens is 2. The predicted molar refractivity (Wildman–Crippen MR) is 92.9 cm³/mol. The summed E-state index contributed by atoms with van der Waals surface area (Å²) in [6.45, 7) is 0.957. The zero-order valence-corrected chi connectivity index (χ0v) is 14.7. The Morgan fingerprint density at radius 3 is 1.84 bits per heavy atom. The van der Waals surface area contributed by atoms with Crippen molar-refractivity contribution in [2.24, 2.45) is 7.05 Å². The van der Waals surface area contributed by atoms with Crippen LogP contribution in [-0.4, -0.2) is 57.7 Å². The number of hydrogen-bond donors (Lipinski definition) is 0. The van der Waals surface area contributed by atoms with Gasteiger partial charge in [-0.2, -0.15) is 0 Å². The van der Waals surface area contributed by atoms with Crippen LogP contribution < -0.4 is 0 Å². The zero-order chi connectivity index (χ0) is 18.4. The average Bonchev–Trinajstić information content (AvgIpc) is 3.29. The van der Waals surface area contributed by atoms with Crippen molar-refractivity contribution in [3.63, 3.8) is 0 Å². The van der Waals surface area contributed by atoms with Crippen LogP contribution in [0.25, 0.3) is 0 Å². The maximum absolute atomic E-state index is 11.3. The lowest BCUT2D eigenvalue weighted by Gasteiger charge is -2.03. The molecule has 3 heterocycles. The van der Waals surface area contributed by atoms with E-state index in [2.05, 4.69) is 4.98 Å². The highest BCUT2D eigenvalue weighted by Gasteiger charge is 2.31. The van der Waals surface area contributed by atoms with Crippen molar-refractivity contribution in [2.75, 3.05) is 20.6 Å². The molecule has 7 heteroatoms. The van der Waals surface area contributed by atoms with Gasteiger partial charge in [-0.25, -0.2) is 4.98 Å². The van der Waals surface area contributed by atoms with Crippen LogP contribution in [0, 0.1) is 0 Å². The average molecular weight is 342 g/mol. The third-order valence-electron chi connectivity index (χ3n) is 3.94. The first kappa shape index (κ1) is 18.4. The van der Waals surface area contributed by atoms with Gasteiger partial charge in [-0.15, -0.1) is 0 Å². The van der Waals surface area contributed by atoms with Gasteiger partial charge < -0.3 is 9.47 Å². The molecule has 0 atom stereocenters. The van der Waals surface area contributed by atoms with Gasteiger partial charge >= 0.3 is 0 Å². The van der Waals surface area contributed by atoms with Crippen molar-refractivity contribution in [1.29, 1.82) is 0 Å². The Labute approximate surface area is 146 Å². The molecule has 1 fully saturated rings. The second-order valence-electron chi connectivity index (χ2n) is 5.86. The molecule has 2 aliphatic heterocycles. The lowest BCUT2D eigenvalue weighted by molar-refractivity contribution is -0.126. The minimum atomic E-state index is -0.212. The van der Waals surface area contributed by atoms with Gasteiger partial charge in [0.15, 0.2) is 0 Å². The third kappa shape index (κ3) is 4.53. The summed E-state index contributed by atoms with van der Waals surface area (Å²) in [5, 5.41) is 0. The molecule has 0 radical (unpaired) electrons. The molecule has 0 spiro atoms. The number of benzene rings is 1. The van der Waals surface area contributed by atoms with Crippen molar-refractivity contribution in [3.8, 4) is 0 Å². The molecule has 132 valence electrons. The quantitative estimate of drug-likeness (QED) is 0.681. The highest BCUT2D eigenvalue weighted by molar-refractivity contribution is 6.21. The van der Waals surface area contributed by atoms with E-state index in [1.165, 1.54) is 7.05 Å². The number of carbonyl (C=O) groups excluding carboxylic acids is 3. The Hall–Kier alpha value is -2.96. The highest BCUT2D eigenvalue weighted by atomic mass is 16.2. The van der Waals surface area contributed by atoms with Crippen LogP contribution in [0.3, 0.4) is 0 Å². The normalized spacial score (nSPS) is 15.4. The fourth-order valence-electron chi connectivity index (χ4n) is 2.42. The van der Waals surface area contributed by atoms with E-state index >= 15 is 0 Å². The minimum Gasteiger partial charge on any atom is -0.346 e. The lowest BCUT2D eigenvalue weighted by Crippen LogP contribution is -2.24. The van der Waals surface area contributed by atoms with Gasteiger partial charge in [0.1, 0.15) is 0 Å². The highest BCUT2D eigenvalue weighted by Crippen LogP contribution is 2.20. The fourth-order valence-corrected chi connectivity index (χ4v) is 2.42. The van der Waals surface area contributed by atoms with Crippen LogP contribution in [0.4, 0.5) is 0 Å². The number of rotatable bonds is 0. The molecule has 1 aromatic heterocycles. The molecule has 7 nitrogen and oxygen atoms in total. The van der Waals surface area contributed by atoms with Crippen molar-refractivity contribution < 1.29 is 14.4 Å². The van der Waals surface area contributed by atoms with Crippen molar-refractivity contribution >= 4 is 17.7 Å². The smallest absolute Gasteiger partial charge is 0.261 e. The number of likely N-dealkylation sites (tertiary alicyclic amines) is 1. The molecule has 3 amide bonds. The molecule has 2 aliphatic rings. The first-order valence-electron chi connectivity index (χ1n) is 7.99. The fraction of sp³-hybridized carbons (Fsp3) is 0.333. The second-order valence-corrected chi connectivity index (χ2v) is 5.86. The number of imidazole rings is 1. The summed E-state index contributed by atoms with van der Waals surface area (Å²) >= 11 is 0. The maximum Gasteiger partial charge on any atom is 0.261 e. The summed E-state index contributed by atoms with van der Waals surface area (Å²) in [4.78, 5) is 39.8. The number of aryl methyl sites for hydroxylation is 1. The summed E-state index contributed by atoms with van der Waals surface area (Å²) < 4.78 is 1.89. The molecule has 0 saturated carbocycles. The number of imide groups is 1. The van der Waals surface area contributed by atoms with Crippen LogP contribution in [0.2, 0.25) is 0 Å². The maximum atomic E-state index is 11.3. The number of amides is 3. The van der Waals surface area contributed by atoms with Crippen LogP contribution in [0.5, 0.6) is 0 Å². The molecule has 0 N–H and O–H groups in total. The molecule has 0 aliphatic carbocycles. The Morgan fingerprint density at radius 1 is 0.960 bits per heavy atom. The molecule has 0 bridgehead atoms. The van der Waals surface area contributed by atoms with Crippen LogP contribution >= 0.6 is 0 Å². The van der Waals surface area contributed by atoms with Gasteiger partial charge in [-0.1, -0.05) is 12.1 Å².